The molecule has 1 aliphatic heterocycles. The summed E-state index contributed by atoms with van der Waals surface area (Å²) in [6, 6.07) is 0.259. The zero-order valence-electron chi connectivity index (χ0n) is 11.2. The van der Waals surface area contributed by atoms with E-state index in [0.717, 1.165) is 25.9 Å². The van der Waals surface area contributed by atoms with Gasteiger partial charge in [-0.05, 0) is 44.2 Å². The molecule has 0 aromatic carbocycles. The maximum Gasteiger partial charge on any atom is 0.322 e. The van der Waals surface area contributed by atoms with E-state index >= 15 is 0 Å². The summed E-state index contributed by atoms with van der Waals surface area (Å²) in [6.07, 6.45) is 1.85. The molecule has 1 saturated heterocycles. The predicted octanol–water partition coefficient (Wildman–Crippen LogP) is 1.52. The molecular weight excluding hydrogens is 268 g/mol. The molecule has 1 aromatic heterocycles. The SMILES string of the molecule is CC(C)Oc1nc(Cl)nc(N2CCC(CO)CC2)n1. The van der Waals surface area contributed by atoms with Gasteiger partial charge >= 0.3 is 6.01 Å². The lowest BCUT2D eigenvalue weighted by molar-refractivity contribution is 0.201. The summed E-state index contributed by atoms with van der Waals surface area (Å²) in [4.78, 5) is 14.4. The van der Waals surface area contributed by atoms with Crippen LogP contribution in [-0.2, 0) is 0 Å². The van der Waals surface area contributed by atoms with Crippen LogP contribution < -0.4 is 9.64 Å². The summed E-state index contributed by atoms with van der Waals surface area (Å²) in [5.74, 6) is 0.923. The van der Waals surface area contributed by atoms with Crippen LogP contribution in [0, 0.1) is 5.92 Å². The van der Waals surface area contributed by atoms with Crippen LogP contribution >= 0.6 is 11.6 Å². The zero-order chi connectivity index (χ0) is 13.8. The first-order valence-electron chi connectivity index (χ1n) is 6.52. The number of anilines is 1. The molecule has 6 nitrogen and oxygen atoms in total. The third kappa shape index (κ3) is 3.91. The van der Waals surface area contributed by atoms with E-state index in [2.05, 4.69) is 15.0 Å². The summed E-state index contributed by atoms with van der Waals surface area (Å²) < 4.78 is 5.46. The van der Waals surface area contributed by atoms with Gasteiger partial charge in [-0.3, -0.25) is 0 Å². The molecule has 0 atom stereocenters. The first-order chi connectivity index (χ1) is 9.08. The van der Waals surface area contributed by atoms with E-state index in [-0.39, 0.29) is 24.0 Å². The van der Waals surface area contributed by atoms with Gasteiger partial charge in [-0.2, -0.15) is 15.0 Å². The summed E-state index contributed by atoms with van der Waals surface area (Å²) in [5.41, 5.74) is 0. The van der Waals surface area contributed by atoms with Gasteiger partial charge in [0.05, 0.1) is 6.10 Å². The molecule has 19 heavy (non-hydrogen) atoms. The van der Waals surface area contributed by atoms with Crippen molar-refractivity contribution in [1.29, 1.82) is 0 Å². The highest BCUT2D eigenvalue weighted by Crippen LogP contribution is 2.22. The highest BCUT2D eigenvalue weighted by molar-refractivity contribution is 6.28. The van der Waals surface area contributed by atoms with Gasteiger partial charge in [-0.25, -0.2) is 0 Å². The van der Waals surface area contributed by atoms with Crippen molar-refractivity contribution in [2.75, 3.05) is 24.6 Å². The average molecular weight is 287 g/mol. The van der Waals surface area contributed by atoms with Gasteiger partial charge in [-0.1, -0.05) is 0 Å². The number of rotatable bonds is 4. The molecule has 0 radical (unpaired) electrons. The lowest BCUT2D eigenvalue weighted by Crippen LogP contribution is -2.36. The first-order valence-corrected chi connectivity index (χ1v) is 6.90. The minimum Gasteiger partial charge on any atom is -0.461 e. The molecule has 1 aliphatic rings. The van der Waals surface area contributed by atoms with Crippen LogP contribution in [0.1, 0.15) is 26.7 Å². The monoisotopic (exact) mass is 286 g/mol. The number of halogens is 1. The van der Waals surface area contributed by atoms with Crippen molar-refractivity contribution in [3.8, 4) is 6.01 Å². The molecule has 106 valence electrons. The van der Waals surface area contributed by atoms with Gasteiger partial charge in [-0.15, -0.1) is 0 Å². The minimum absolute atomic E-state index is 0.00792. The Morgan fingerprint density at radius 2 is 2.00 bits per heavy atom. The van der Waals surface area contributed by atoms with E-state index in [1.807, 2.05) is 18.7 Å². The second kappa shape index (κ2) is 6.34. The Morgan fingerprint density at radius 3 is 2.58 bits per heavy atom. The fourth-order valence-corrected chi connectivity index (χ4v) is 2.19. The van der Waals surface area contributed by atoms with Crippen molar-refractivity contribution < 1.29 is 9.84 Å². The molecule has 1 fully saturated rings. The van der Waals surface area contributed by atoms with Crippen LogP contribution in [0.2, 0.25) is 5.28 Å². The van der Waals surface area contributed by atoms with Gasteiger partial charge in [0.2, 0.25) is 11.2 Å². The number of nitrogens with zero attached hydrogens (tertiary/aromatic N) is 4. The molecule has 7 heteroatoms. The third-order valence-electron chi connectivity index (χ3n) is 3.07. The summed E-state index contributed by atoms with van der Waals surface area (Å²) in [5, 5.41) is 9.28. The molecule has 0 unspecified atom stereocenters. The Hall–Kier alpha value is -1.14. The van der Waals surface area contributed by atoms with Gasteiger partial charge in [0.1, 0.15) is 0 Å². The molecule has 0 aliphatic carbocycles. The van der Waals surface area contributed by atoms with Crippen LogP contribution in [0.15, 0.2) is 0 Å². The van der Waals surface area contributed by atoms with Crippen LogP contribution in [0.4, 0.5) is 5.95 Å². The summed E-state index contributed by atoms with van der Waals surface area (Å²) in [6.45, 7) is 5.68. The van der Waals surface area contributed by atoms with E-state index in [4.69, 9.17) is 21.4 Å². The van der Waals surface area contributed by atoms with E-state index in [1.165, 1.54) is 0 Å². The number of aliphatic hydroxyl groups excluding tert-OH is 1. The number of hydrogen-bond acceptors (Lipinski definition) is 6. The Balaban J connectivity index is 2.09. The van der Waals surface area contributed by atoms with Crippen molar-refractivity contribution in [2.24, 2.45) is 5.92 Å². The number of aliphatic hydroxyl groups is 1. The Kier molecular flexibility index (Phi) is 4.76. The second-order valence-corrected chi connectivity index (χ2v) is 5.30. The van der Waals surface area contributed by atoms with Crippen LogP contribution in [-0.4, -0.2) is 45.9 Å². The number of ether oxygens (including phenoxy) is 1. The highest BCUT2D eigenvalue weighted by atomic mass is 35.5. The molecule has 1 N–H and O–H groups in total. The maximum atomic E-state index is 9.13. The topological polar surface area (TPSA) is 71.4 Å². The van der Waals surface area contributed by atoms with Crippen LogP contribution in [0.5, 0.6) is 6.01 Å². The molecule has 0 saturated carbocycles. The van der Waals surface area contributed by atoms with Gasteiger partial charge < -0.3 is 14.7 Å². The maximum absolute atomic E-state index is 9.13. The van der Waals surface area contributed by atoms with E-state index in [0.29, 0.717) is 11.9 Å². The normalized spacial score (nSPS) is 17.0. The van der Waals surface area contributed by atoms with Crippen molar-refractivity contribution in [3.05, 3.63) is 5.28 Å². The Morgan fingerprint density at radius 1 is 1.32 bits per heavy atom. The van der Waals surface area contributed by atoms with Crippen molar-refractivity contribution in [3.63, 3.8) is 0 Å². The summed E-state index contributed by atoms with van der Waals surface area (Å²) >= 11 is 5.90. The van der Waals surface area contributed by atoms with Crippen LogP contribution in [0.3, 0.4) is 0 Å². The van der Waals surface area contributed by atoms with E-state index in [9.17, 15) is 0 Å². The quantitative estimate of drug-likeness (QED) is 0.905. The smallest absolute Gasteiger partial charge is 0.322 e. The second-order valence-electron chi connectivity index (χ2n) is 4.97. The third-order valence-corrected chi connectivity index (χ3v) is 3.24. The number of piperidine rings is 1. The molecule has 2 rings (SSSR count). The Bertz CT molecular complexity index is 422. The van der Waals surface area contributed by atoms with Crippen molar-refractivity contribution in [2.45, 2.75) is 32.8 Å². The van der Waals surface area contributed by atoms with E-state index < -0.39 is 0 Å². The predicted molar refractivity (Wildman–Crippen MR) is 72.6 cm³/mol. The van der Waals surface area contributed by atoms with Crippen molar-refractivity contribution in [1.82, 2.24) is 15.0 Å². The van der Waals surface area contributed by atoms with E-state index in [1.54, 1.807) is 0 Å². The molecule has 0 bridgehead atoms. The van der Waals surface area contributed by atoms with Gasteiger partial charge in [0, 0.05) is 19.7 Å². The lowest BCUT2D eigenvalue weighted by Gasteiger charge is -2.31. The zero-order valence-corrected chi connectivity index (χ0v) is 12.0. The molecule has 0 spiro atoms. The highest BCUT2D eigenvalue weighted by Gasteiger charge is 2.21. The lowest BCUT2D eigenvalue weighted by atomic mass is 9.98. The van der Waals surface area contributed by atoms with Gasteiger partial charge in [0.25, 0.3) is 0 Å². The first kappa shape index (κ1) is 14.3. The standard InChI is InChI=1S/C12H19ClN4O2/c1-8(2)19-12-15-10(13)14-11(16-12)17-5-3-9(7-18)4-6-17/h8-9,18H,3-7H2,1-2H3. The fraction of sp³-hybridized carbons (Fsp3) is 0.750. The fourth-order valence-electron chi connectivity index (χ4n) is 2.04. The Labute approximate surface area is 117 Å². The molecule has 1 aromatic rings. The average Bonchev–Trinajstić information content (AvgIpc) is 2.37. The van der Waals surface area contributed by atoms with Crippen LogP contribution in [0.25, 0.3) is 0 Å². The largest absolute Gasteiger partial charge is 0.461 e. The number of aromatic nitrogens is 3. The molecule has 2 heterocycles. The van der Waals surface area contributed by atoms with Gasteiger partial charge in [0.15, 0.2) is 0 Å². The number of hydrogen-bond donors (Lipinski definition) is 1. The molecular formula is C12H19ClN4O2. The minimum atomic E-state index is -0.00792. The molecule has 0 amide bonds. The van der Waals surface area contributed by atoms with Crippen molar-refractivity contribution >= 4 is 17.5 Å². The summed E-state index contributed by atoms with van der Waals surface area (Å²) in [7, 11) is 0.